The molecule has 0 saturated carbocycles. The molecule has 0 atom stereocenters. The Kier molecular flexibility index (Phi) is 8.12. The van der Waals surface area contributed by atoms with Gasteiger partial charge in [-0.1, -0.05) is 182 Å². The highest BCUT2D eigenvalue weighted by atomic mass is 15.3. The Labute approximate surface area is 319 Å². The van der Waals surface area contributed by atoms with Crippen molar-refractivity contribution >= 4 is 21.7 Å². The molecule has 10 rings (SSSR count). The molecule has 0 aliphatic carbocycles. The fraction of sp³-hybridized carbons (Fsp3) is 0. The van der Waals surface area contributed by atoms with E-state index in [1.165, 1.54) is 16.5 Å². The van der Waals surface area contributed by atoms with E-state index in [-0.39, 0.29) is 0 Å². The van der Waals surface area contributed by atoms with Gasteiger partial charge in [-0.3, -0.25) is 0 Å². The number of fused-ring (bicyclic) bond motifs is 3. The molecular weight excluding hydrogens is 669 g/mol. The second kappa shape index (κ2) is 13.8. The molecule has 0 N–H and O–H groups in total. The highest BCUT2D eigenvalue weighted by molar-refractivity contribution is 6.17. The Morgan fingerprint density at radius 3 is 1.56 bits per heavy atom. The molecule has 0 spiro atoms. The van der Waals surface area contributed by atoms with Crippen LogP contribution in [0, 0.1) is 0 Å². The third kappa shape index (κ3) is 6.06. The van der Waals surface area contributed by atoms with E-state index in [0.29, 0.717) is 5.82 Å². The number of hydrogen-bond donors (Lipinski definition) is 0. The Hall–Kier alpha value is -7.43. The summed E-state index contributed by atoms with van der Waals surface area (Å²) in [5.41, 5.74) is 13.5. The quantitative estimate of drug-likeness (QED) is 0.166. The third-order valence-electron chi connectivity index (χ3n) is 10.2. The van der Waals surface area contributed by atoms with Crippen molar-refractivity contribution in [3.05, 3.63) is 206 Å². The molecule has 2 aromatic heterocycles. The molecular formula is C51H34N4. The summed E-state index contributed by atoms with van der Waals surface area (Å²) >= 11 is 0. The molecule has 55 heavy (non-hydrogen) atoms. The van der Waals surface area contributed by atoms with Gasteiger partial charge in [-0.05, 0) is 51.9 Å². The first-order valence-corrected chi connectivity index (χ1v) is 18.5. The zero-order valence-corrected chi connectivity index (χ0v) is 29.9. The van der Waals surface area contributed by atoms with Gasteiger partial charge in [0.2, 0.25) is 0 Å². The van der Waals surface area contributed by atoms with Gasteiger partial charge in [0.25, 0.3) is 0 Å². The van der Waals surface area contributed by atoms with Gasteiger partial charge >= 0.3 is 0 Å². The van der Waals surface area contributed by atoms with Crippen LogP contribution in [0.15, 0.2) is 206 Å². The normalized spacial score (nSPS) is 11.3. The Morgan fingerprint density at radius 1 is 0.364 bits per heavy atom. The van der Waals surface area contributed by atoms with Crippen LogP contribution in [0.3, 0.4) is 0 Å². The molecule has 0 fully saturated rings. The Balaban J connectivity index is 1.10. The van der Waals surface area contributed by atoms with Gasteiger partial charge in [0.15, 0.2) is 5.82 Å². The van der Waals surface area contributed by atoms with Crippen LogP contribution in [0.25, 0.3) is 94.8 Å². The largest absolute Gasteiger partial charge is 0.232 e. The molecule has 0 radical (unpaired) electrons. The zero-order valence-electron chi connectivity index (χ0n) is 29.9. The Bertz CT molecular complexity index is 2880. The number of nitrogens with zero attached hydrogens (tertiary/aromatic N) is 4. The van der Waals surface area contributed by atoms with Gasteiger partial charge in [-0.2, -0.15) is 5.10 Å². The number of benzene rings is 8. The summed E-state index contributed by atoms with van der Waals surface area (Å²) in [7, 11) is 0. The van der Waals surface area contributed by atoms with Crippen molar-refractivity contribution in [2.75, 3.05) is 0 Å². The zero-order chi connectivity index (χ0) is 36.6. The lowest BCUT2D eigenvalue weighted by atomic mass is 9.94. The van der Waals surface area contributed by atoms with Crippen molar-refractivity contribution in [2.24, 2.45) is 0 Å². The lowest BCUT2D eigenvalue weighted by Gasteiger charge is -2.12. The molecule has 4 nitrogen and oxygen atoms in total. The van der Waals surface area contributed by atoms with E-state index in [0.717, 1.165) is 72.4 Å². The van der Waals surface area contributed by atoms with Gasteiger partial charge in [0.05, 0.1) is 22.6 Å². The van der Waals surface area contributed by atoms with Gasteiger partial charge < -0.3 is 0 Å². The van der Waals surface area contributed by atoms with Crippen LogP contribution in [0.1, 0.15) is 0 Å². The van der Waals surface area contributed by atoms with Gasteiger partial charge in [-0.15, -0.1) is 0 Å². The lowest BCUT2D eigenvalue weighted by molar-refractivity contribution is 0.918. The maximum atomic E-state index is 5.42. The molecule has 0 aliphatic rings. The average Bonchev–Trinajstić information content (AvgIpc) is 3.69. The monoisotopic (exact) mass is 702 g/mol. The minimum absolute atomic E-state index is 0.706. The molecule has 10 aromatic rings. The highest BCUT2D eigenvalue weighted by Gasteiger charge is 2.21. The predicted octanol–water partition coefficient (Wildman–Crippen LogP) is 13.0. The summed E-state index contributed by atoms with van der Waals surface area (Å²) < 4.78 is 2.14. The highest BCUT2D eigenvalue weighted by Crippen LogP contribution is 2.42. The minimum Gasteiger partial charge on any atom is -0.232 e. The molecule has 258 valence electrons. The number of aromatic nitrogens is 4. The summed E-state index contributed by atoms with van der Waals surface area (Å²) in [6.07, 6.45) is 0. The van der Waals surface area contributed by atoms with Crippen LogP contribution in [0.4, 0.5) is 0 Å². The maximum absolute atomic E-state index is 5.42. The molecule has 4 heteroatoms. The van der Waals surface area contributed by atoms with E-state index < -0.39 is 0 Å². The number of hydrogen-bond acceptors (Lipinski definition) is 3. The predicted molar refractivity (Wildman–Crippen MR) is 227 cm³/mol. The van der Waals surface area contributed by atoms with E-state index in [1.54, 1.807) is 0 Å². The van der Waals surface area contributed by atoms with Crippen LogP contribution in [0.5, 0.6) is 0 Å². The summed E-state index contributed by atoms with van der Waals surface area (Å²) in [5.74, 6) is 0.706. The van der Waals surface area contributed by atoms with Crippen molar-refractivity contribution in [3.8, 4) is 73.1 Å². The van der Waals surface area contributed by atoms with Gasteiger partial charge in [0.1, 0.15) is 5.69 Å². The first kappa shape index (κ1) is 32.2. The van der Waals surface area contributed by atoms with Crippen molar-refractivity contribution in [2.45, 2.75) is 0 Å². The van der Waals surface area contributed by atoms with Gasteiger partial charge in [0, 0.05) is 33.0 Å². The standard InChI is InChI=1S/C51H34N4/c1-5-16-36(17-6-1)45-33-42-24-13-14-27-44(42)50-48(45)49(39-20-9-3-10-21-39)54-55(50)43-26-15-25-41(32-43)35-28-30-38(31-29-35)47-34-46(37-18-7-2-8-19-37)52-51(53-47)40-22-11-4-12-23-40/h1-34H. The molecule has 2 heterocycles. The molecule has 0 aliphatic heterocycles. The third-order valence-corrected chi connectivity index (χ3v) is 10.2. The van der Waals surface area contributed by atoms with E-state index in [1.807, 2.05) is 36.4 Å². The van der Waals surface area contributed by atoms with Crippen LogP contribution in [0.2, 0.25) is 0 Å². The smallest absolute Gasteiger partial charge is 0.160 e. The SMILES string of the molecule is c1ccc(-c2cc(-c3ccc(-c4cccc(-n5nc(-c6ccccc6)c6c(-c7ccccc7)cc7ccccc7c65)c4)cc3)nc(-c3ccccc3)n2)cc1. The molecule has 0 bridgehead atoms. The van der Waals surface area contributed by atoms with Crippen LogP contribution < -0.4 is 0 Å². The van der Waals surface area contributed by atoms with Crippen LogP contribution >= 0.6 is 0 Å². The van der Waals surface area contributed by atoms with E-state index in [2.05, 4.69) is 175 Å². The molecule has 0 unspecified atom stereocenters. The second-order valence-corrected chi connectivity index (χ2v) is 13.7. The van der Waals surface area contributed by atoms with Gasteiger partial charge in [-0.25, -0.2) is 14.6 Å². The molecule has 0 amide bonds. The minimum atomic E-state index is 0.706. The first-order chi connectivity index (χ1) is 27.3. The second-order valence-electron chi connectivity index (χ2n) is 13.7. The summed E-state index contributed by atoms with van der Waals surface area (Å²) in [6, 6.07) is 72.0. The Morgan fingerprint density at radius 2 is 0.891 bits per heavy atom. The molecule has 8 aromatic carbocycles. The van der Waals surface area contributed by atoms with E-state index in [9.17, 15) is 0 Å². The van der Waals surface area contributed by atoms with Crippen molar-refractivity contribution in [3.63, 3.8) is 0 Å². The lowest BCUT2D eigenvalue weighted by Crippen LogP contribution is -1.98. The summed E-state index contributed by atoms with van der Waals surface area (Å²) in [6.45, 7) is 0. The summed E-state index contributed by atoms with van der Waals surface area (Å²) in [5, 5.41) is 8.90. The van der Waals surface area contributed by atoms with Crippen LogP contribution in [-0.2, 0) is 0 Å². The average molecular weight is 703 g/mol. The van der Waals surface area contributed by atoms with E-state index >= 15 is 0 Å². The number of rotatable bonds is 7. The van der Waals surface area contributed by atoms with Crippen molar-refractivity contribution in [1.29, 1.82) is 0 Å². The molecule has 0 saturated heterocycles. The fourth-order valence-electron chi connectivity index (χ4n) is 7.54. The first-order valence-electron chi connectivity index (χ1n) is 18.5. The van der Waals surface area contributed by atoms with E-state index in [4.69, 9.17) is 15.1 Å². The summed E-state index contributed by atoms with van der Waals surface area (Å²) in [4.78, 5) is 10.0. The van der Waals surface area contributed by atoms with Crippen molar-refractivity contribution in [1.82, 2.24) is 19.7 Å². The topological polar surface area (TPSA) is 43.6 Å². The van der Waals surface area contributed by atoms with Crippen LogP contribution in [-0.4, -0.2) is 19.7 Å². The van der Waals surface area contributed by atoms with Crippen molar-refractivity contribution < 1.29 is 0 Å². The maximum Gasteiger partial charge on any atom is 0.160 e. The fourth-order valence-corrected chi connectivity index (χ4v) is 7.54.